The highest BCUT2D eigenvalue weighted by Gasteiger charge is 2.53. The van der Waals surface area contributed by atoms with Crippen molar-refractivity contribution in [2.75, 3.05) is 28.2 Å². The molecule has 4 aromatic carbocycles. The van der Waals surface area contributed by atoms with Gasteiger partial charge < -0.3 is 100 Å². The molecule has 12 rings (SSSR count). The van der Waals surface area contributed by atoms with Gasteiger partial charge in [-0.15, -0.1) is 24.8 Å². The number of unbranched alkanes of at least 4 members (excludes halogenated alkanes) is 2. The molecule has 4 saturated carbocycles. The summed E-state index contributed by atoms with van der Waals surface area (Å²) in [5, 5.41) is 31.5. The first kappa shape index (κ1) is 131. The fraction of sp³-hybridized carbons (Fsp3) is 0.453. The van der Waals surface area contributed by atoms with Gasteiger partial charge in [0.25, 0.3) is 50.6 Å². The summed E-state index contributed by atoms with van der Waals surface area (Å²) >= 11 is 25.8. The molecule has 8 aromatic rings. The predicted octanol–water partition coefficient (Wildman–Crippen LogP) is 5.92. The number of pyridine rings is 4. The van der Waals surface area contributed by atoms with Crippen molar-refractivity contribution in [3.63, 3.8) is 0 Å². The van der Waals surface area contributed by atoms with E-state index in [2.05, 4.69) is 21.3 Å². The summed E-state index contributed by atoms with van der Waals surface area (Å²) < 4.78 is 28.4. The van der Waals surface area contributed by atoms with Crippen LogP contribution in [0.2, 0.25) is 20.1 Å². The summed E-state index contributed by atoms with van der Waals surface area (Å²) in [4.78, 5) is 184. The molecule has 4 aliphatic carbocycles. The molecular weight excluding hydrogens is 2120 g/mol. The molecule has 4 heterocycles. The number of aromatic nitrogens is 4. The van der Waals surface area contributed by atoms with Gasteiger partial charge in [-0.1, -0.05) is 186 Å². The van der Waals surface area contributed by atoms with Crippen LogP contribution in [0.25, 0.3) is 0 Å². The quantitative estimate of drug-likeness (QED) is 0.0201. The number of carboxylic acid groups (broad SMARTS) is 2. The van der Waals surface area contributed by atoms with Crippen molar-refractivity contribution in [3.05, 3.63) is 260 Å². The Morgan fingerprint density at radius 3 is 0.736 bits per heavy atom. The molecule has 808 valence electrons. The van der Waals surface area contributed by atoms with Crippen LogP contribution in [-0.4, -0.2) is 165 Å². The topological polar surface area (TPSA) is 393 Å². The second-order valence-electron chi connectivity index (χ2n) is 36.7. The Kier molecular flexibility index (Phi) is 55.4. The number of hydrogen-bond acceptors (Lipinski definition) is 18. The Bertz CT molecular complexity index is 5490. The van der Waals surface area contributed by atoms with E-state index in [9.17, 15) is 77.3 Å². The Labute approximate surface area is 922 Å². The number of benzene rings is 4. The van der Waals surface area contributed by atoms with Crippen LogP contribution in [0, 0.1) is 11.8 Å². The van der Waals surface area contributed by atoms with E-state index in [1.54, 1.807) is 194 Å². The van der Waals surface area contributed by atoms with Crippen molar-refractivity contribution in [1.29, 1.82) is 0 Å². The second kappa shape index (κ2) is 62.6. The first-order valence-corrected chi connectivity index (χ1v) is 49.7. The van der Waals surface area contributed by atoms with E-state index in [-0.39, 0.29) is 160 Å². The van der Waals surface area contributed by atoms with E-state index in [1.807, 2.05) is 67.5 Å². The van der Waals surface area contributed by atoms with Crippen LogP contribution in [0.3, 0.4) is 0 Å². The van der Waals surface area contributed by atoms with E-state index in [4.69, 9.17) is 65.4 Å². The third kappa shape index (κ3) is 33.5. The van der Waals surface area contributed by atoms with E-state index >= 15 is 0 Å². The number of ketones is 4. The highest BCUT2D eigenvalue weighted by Crippen LogP contribution is 2.47. The van der Waals surface area contributed by atoms with Crippen LogP contribution >= 0.6 is 71.2 Å². The van der Waals surface area contributed by atoms with Gasteiger partial charge in [0.1, 0.15) is 56.5 Å². The summed E-state index contributed by atoms with van der Waals surface area (Å²) in [6, 6.07) is 39.6. The van der Waals surface area contributed by atoms with Gasteiger partial charge in [-0.3, -0.25) is 58.0 Å². The molecule has 4 aliphatic rings. The molecule has 148 heavy (non-hydrogen) atoms. The maximum atomic E-state index is 13.2. The summed E-state index contributed by atoms with van der Waals surface area (Å²) in [7, 11) is 6.23. The number of halogens is 10. The number of likely N-dealkylation sites (N-methyl/N-ethyl adjacent to an activating group) is 4. The standard InChI is InChI=1S/2C27H32ClN3O6.2C26H32ClN3O4.6ClH/c2*1-3-4-13-22(25(34)35)29-24(33)19-10-9-16-31(17-19)18-37-26(36)30(2)27(15-8-7-14-23(27)32)20-11-5-6-12-21(20)28;2*1-18(2)19(3)28-24(32)20-10-9-15-30(16-20)17-34-25(33)29(4)26(14-8-7-13-23(26)31)21-11-5-6-12-22(21)27;;;;;;/h2*5-6,9-12,16-17,22H,3-4,7-8,13-15,18H2,1-2H3,(H-,29,33,34,35);2*5-6,9-12,15-16,18-19H,7-8,13-14,17H2,1-4H3;6*1H/t22-,27+;22-,27-;19-,26+;19-,26-;;;;;;/m0011....../s1. The summed E-state index contributed by atoms with van der Waals surface area (Å²) in [6.45, 7) is 15.3. The molecule has 8 amide bonds. The smallest absolute Gasteiger partial charge is 0.415 e. The SMILES string of the molecule is CC(C)[C@@H](C)NC(=O)c1ccc[n+](COC(=O)N(C)[C@@]2(c3ccccc3Cl)CCCCC2=O)c1.CC(C)[C@@H](C)NC(=O)c1ccc[n+](COC(=O)N(C)[C@]2(c3ccccc3Cl)CCCCC2=O)c1.CCCC[C@H](NC(=O)c1ccc[n+](COC(=O)N(C)[C@@]2(c3ccccc3Cl)CCCCC2=O)c1)C(=O)O.CCCC[C@H](NC(=O)c1ccc[n+](COC(=O)N(C)[C@]2(c3ccccc3Cl)CCCCC2=O)c1)C(=O)O.Cl.Cl.[Cl-].[Cl-].[Cl-].[Cl-]. The van der Waals surface area contributed by atoms with Crippen molar-refractivity contribution < 1.29 is 164 Å². The molecule has 0 aliphatic heterocycles. The number of Topliss-reactive ketones (excluding diaryl/α,β-unsaturated/α-hetero) is 4. The molecule has 0 bridgehead atoms. The third-order valence-corrected chi connectivity index (χ3v) is 28.0. The first-order chi connectivity index (χ1) is 67.7. The van der Waals surface area contributed by atoms with Crippen LogP contribution in [0.15, 0.2) is 195 Å². The molecule has 8 atom stereocenters. The minimum atomic E-state index is -1.22. The van der Waals surface area contributed by atoms with Crippen molar-refractivity contribution >= 4 is 154 Å². The fourth-order valence-electron chi connectivity index (χ4n) is 17.7. The lowest BCUT2D eigenvalue weighted by Gasteiger charge is -2.43. The molecule has 0 unspecified atom stereocenters. The molecule has 4 aromatic heterocycles. The Morgan fingerprint density at radius 1 is 0.338 bits per heavy atom. The van der Waals surface area contributed by atoms with Gasteiger partial charge in [0.2, 0.25) is 0 Å². The maximum absolute atomic E-state index is 13.2. The molecule has 42 heteroatoms. The van der Waals surface area contributed by atoms with Gasteiger partial charge >= 0.3 is 36.3 Å². The van der Waals surface area contributed by atoms with Crippen molar-refractivity contribution in [3.8, 4) is 0 Å². The number of carboxylic acids is 2. The van der Waals surface area contributed by atoms with E-state index in [0.717, 1.165) is 64.2 Å². The maximum Gasteiger partial charge on any atom is 0.415 e. The van der Waals surface area contributed by atoms with E-state index < -0.39 is 82.4 Å². The number of amides is 8. The lowest BCUT2D eigenvalue weighted by atomic mass is 9.74. The summed E-state index contributed by atoms with van der Waals surface area (Å²) in [5.41, 5.74) is -0.989. The van der Waals surface area contributed by atoms with Crippen LogP contribution in [0.4, 0.5) is 19.2 Å². The highest BCUT2D eigenvalue weighted by atomic mass is 35.5. The molecule has 32 nitrogen and oxygen atoms in total. The normalized spacial score (nSPS) is 17.7. The number of carbonyl (C=O) groups is 14. The van der Waals surface area contributed by atoms with Crippen LogP contribution in [0.5, 0.6) is 0 Å². The predicted molar refractivity (Wildman–Crippen MR) is 545 cm³/mol. The van der Waals surface area contributed by atoms with Crippen LogP contribution in [-0.2, 0) is 96.8 Å². The number of nitrogens with zero attached hydrogens (tertiary/aromatic N) is 8. The Morgan fingerprint density at radius 2 is 0.547 bits per heavy atom. The minimum Gasteiger partial charge on any atom is -1.00 e. The Hall–Kier alpha value is -11.0. The summed E-state index contributed by atoms with van der Waals surface area (Å²) in [6.07, 6.45) is 23.3. The third-order valence-electron chi connectivity index (χ3n) is 26.7. The number of carbonyl (C=O) groups excluding carboxylic acids is 12. The van der Waals surface area contributed by atoms with Crippen LogP contribution in [0.1, 0.15) is 260 Å². The van der Waals surface area contributed by atoms with Gasteiger partial charge in [-0.05, 0) is 164 Å². The molecule has 6 N–H and O–H groups in total. The molecule has 0 saturated heterocycles. The Balaban J connectivity index is 0.000000500. The first-order valence-electron chi connectivity index (χ1n) is 48.1. The van der Waals surface area contributed by atoms with E-state index in [1.165, 1.54) is 55.2 Å². The zero-order valence-corrected chi connectivity index (χ0v) is 92.7. The number of aliphatic carboxylic acids is 2. The summed E-state index contributed by atoms with van der Waals surface area (Å²) in [5.74, 6) is -3.28. The van der Waals surface area contributed by atoms with Crippen molar-refractivity contribution in [2.45, 2.75) is 270 Å². The second-order valence-corrected chi connectivity index (χ2v) is 38.4. The monoisotopic (exact) mass is 2240 g/mol. The van der Waals surface area contributed by atoms with Gasteiger partial charge in [0.15, 0.2) is 72.7 Å². The van der Waals surface area contributed by atoms with Crippen LogP contribution < -0.4 is 89.2 Å². The lowest BCUT2D eigenvalue weighted by Crippen LogP contribution is -3.00. The number of nitrogens with one attached hydrogen (secondary N) is 4. The van der Waals surface area contributed by atoms with Gasteiger partial charge in [0.05, 0.1) is 0 Å². The van der Waals surface area contributed by atoms with Crippen molar-refractivity contribution in [2.24, 2.45) is 11.8 Å². The average molecular weight is 2250 g/mol. The molecule has 0 radical (unpaired) electrons. The van der Waals surface area contributed by atoms with E-state index in [0.29, 0.717) is 142 Å². The number of hydrogen-bond donors (Lipinski definition) is 6. The largest absolute Gasteiger partial charge is 1.00 e. The minimum absolute atomic E-state index is 0. The van der Waals surface area contributed by atoms with Gasteiger partial charge in [-0.25, -0.2) is 28.8 Å². The zero-order chi connectivity index (χ0) is 104. The lowest BCUT2D eigenvalue weighted by molar-refractivity contribution is -0.727. The number of rotatable bonds is 34. The molecular formula is C106H134Cl10N12O20. The molecule has 0 spiro atoms. The molecule has 4 fully saturated rings. The van der Waals surface area contributed by atoms with Gasteiger partial charge in [-0.2, -0.15) is 18.3 Å². The van der Waals surface area contributed by atoms with Gasteiger partial charge in [0, 0.05) is 133 Å². The number of ether oxygens (including phenoxy) is 4. The fourth-order valence-corrected chi connectivity index (χ4v) is 18.9. The average Bonchev–Trinajstić information content (AvgIpc) is 0.763. The highest BCUT2D eigenvalue weighted by molar-refractivity contribution is 6.33. The zero-order valence-electron chi connectivity index (χ0n) is 85.0. The van der Waals surface area contributed by atoms with Crippen molar-refractivity contribution in [1.82, 2.24) is 40.9 Å².